The summed E-state index contributed by atoms with van der Waals surface area (Å²) >= 11 is 0. The van der Waals surface area contributed by atoms with Crippen LogP contribution < -0.4 is 0 Å². The molecule has 150 valence electrons. The van der Waals surface area contributed by atoms with Crippen LogP contribution in [0.15, 0.2) is 60.9 Å². The van der Waals surface area contributed by atoms with Gasteiger partial charge in [0.15, 0.2) is 0 Å². The zero-order valence-corrected chi connectivity index (χ0v) is 17.4. The summed E-state index contributed by atoms with van der Waals surface area (Å²) < 4.78 is 12.2. The van der Waals surface area contributed by atoms with Crippen LogP contribution in [-0.2, 0) is 6.42 Å². The molecule has 1 fully saturated rings. The number of benzene rings is 2. The summed E-state index contributed by atoms with van der Waals surface area (Å²) in [5.74, 6) is 1.34. The molecule has 0 unspecified atom stereocenters. The molecule has 0 heterocycles. The maximum atomic E-state index is 12.2. The average Bonchev–Trinajstić information content (AvgIpc) is 2.76. The van der Waals surface area contributed by atoms with Gasteiger partial charge in [0, 0.05) is 0 Å². The van der Waals surface area contributed by atoms with Gasteiger partial charge in [-0.2, -0.15) is 0 Å². The van der Waals surface area contributed by atoms with E-state index in [2.05, 4.69) is 55.5 Å². The molecule has 1 heteroatoms. The molecule has 0 radical (unpaired) electrons. The van der Waals surface area contributed by atoms with Crippen molar-refractivity contribution in [2.75, 3.05) is 0 Å². The van der Waals surface area contributed by atoms with E-state index in [1.54, 1.807) is 6.08 Å². The number of rotatable bonds is 9. The third-order valence-corrected chi connectivity index (χ3v) is 6.39. The molecule has 0 amide bonds. The summed E-state index contributed by atoms with van der Waals surface area (Å²) in [5.41, 5.74) is 5.54. The van der Waals surface area contributed by atoms with Crippen molar-refractivity contribution in [2.45, 2.75) is 77.0 Å². The molecule has 2 aromatic carbocycles. The number of unbranched alkanes of at least 4 members (excludes halogenated alkanes) is 3. The first kappa shape index (κ1) is 20.8. The Morgan fingerprint density at radius 1 is 0.821 bits per heavy atom. The van der Waals surface area contributed by atoms with E-state index >= 15 is 0 Å². The molecule has 28 heavy (non-hydrogen) atoms. The van der Waals surface area contributed by atoms with Crippen molar-refractivity contribution >= 4 is 0 Å². The fourth-order valence-corrected chi connectivity index (χ4v) is 4.54. The van der Waals surface area contributed by atoms with Gasteiger partial charge in [-0.25, -0.2) is 4.39 Å². The van der Waals surface area contributed by atoms with Gasteiger partial charge >= 0.3 is 0 Å². The first-order chi connectivity index (χ1) is 13.8. The molecular weight excluding hydrogens is 343 g/mol. The van der Waals surface area contributed by atoms with Crippen molar-refractivity contribution in [2.24, 2.45) is 5.92 Å². The van der Waals surface area contributed by atoms with E-state index in [0.29, 0.717) is 18.2 Å². The Hall–Kier alpha value is -1.89. The molecule has 2 aromatic rings. The monoisotopic (exact) mass is 378 g/mol. The van der Waals surface area contributed by atoms with Gasteiger partial charge in [0.1, 0.15) is 0 Å². The number of aryl methyl sites for hydroxylation is 1. The highest BCUT2D eigenvalue weighted by Gasteiger charge is 2.21. The Morgan fingerprint density at radius 3 is 2.07 bits per heavy atom. The van der Waals surface area contributed by atoms with Gasteiger partial charge < -0.3 is 0 Å². The first-order valence-electron chi connectivity index (χ1n) is 11.2. The number of hydrogen-bond acceptors (Lipinski definition) is 0. The average molecular weight is 379 g/mol. The van der Waals surface area contributed by atoms with Gasteiger partial charge in [-0.3, -0.25) is 0 Å². The van der Waals surface area contributed by atoms with Crippen molar-refractivity contribution < 1.29 is 4.39 Å². The van der Waals surface area contributed by atoms with Crippen molar-refractivity contribution in [3.05, 3.63) is 72.1 Å². The molecular formula is C27H35F. The summed E-state index contributed by atoms with van der Waals surface area (Å²) in [4.78, 5) is 0. The van der Waals surface area contributed by atoms with Crippen LogP contribution >= 0.6 is 0 Å². The lowest BCUT2D eigenvalue weighted by atomic mass is 9.77. The normalized spacial score (nSPS) is 19.9. The maximum Gasteiger partial charge on any atom is 0.0827 e. The standard InChI is InChI=1S/C27H35F/c1-2-3-4-5-7-22-9-13-24(14-10-22)26-17-19-27(20-18-26)25-15-11-23(12-16-25)8-6-21-28/h6,9-10,13-14,17-21,23,25H,2-5,7-8,11-12,15-16H2,1H3/b21-6+. The minimum absolute atomic E-state index is 0.669. The Labute approximate surface area is 170 Å². The summed E-state index contributed by atoms with van der Waals surface area (Å²) in [6.07, 6.45) is 14.7. The summed E-state index contributed by atoms with van der Waals surface area (Å²) in [6.45, 7) is 2.26. The van der Waals surface area contributed by atoms with Gasteiger partial charge in [0.05, 0.1) is 6.33 Å². The van der Waals surface area contributed by atoms with Crippen LogP contribution in [0.2, 0.25) is 0 Å². The Kier molecular flexibility index (Phi) is 8.33. The summed E-state index contributed by atoms with van der Waals surface area (Å²) in [7, 11) is 0. The van der Waals surface area contributed by atoms with E-state index in [1.807, 2.05) is 0 Å². The smallest absolute Gasteiger partial charge is 0.0827 e. The molecule has 1 aliphatic carbocycles. The second-order valence-electron chi connectivity index (χ2n) is 8.44. The molecule has 3 rings (SSSR count). The van der Waals surface area contributed by atoms with E-state index in [9.17, 15) is 4.39 Å². The fourth-order valence-electron chi connectivity index (χ4n) is 4.54. The maximum absolute atomic E-state index is 12.2. The van der Waals surface area contributed by atoms with E-state index in [1.165, 1.54) is 80.0 Å². The number of halogens is 1. The fraction of sp³-hybridized carbons (Fsp3) is 0.481. The molecule has 0 aliphatic heterocycles. The Morgan fingerprint density at radius 2 is 1.46 bits per heavy atom. The van der Waals surface area contributed by atoms with Crippen LogP contribution in [0.4, 0.5) is 4.39 Å². The minimum Gasteiger partial charge on any atom is -0.216 e. The molecule has 1 saturated carbocycles. The van der Waals surface area contributed by atoms with Crippen molar-refractivity contribution in [1.29, 1.82) is 0 Å². The van der Waals surface area contributed by atoms with Gasteiger partial charge in [0.25, 0.3) is 0 Å². The molecule has 0 aromatic heterocycles. The van der Waals surface area contributed by atoms with Gasteiger partial charge in [-0.15, -0.1) is 0 Å². The SMILES string of the molecule is CCCCCCc1ccc(-c2ccc(C3CCC(C/C=C/F)CC3)cc2)cc1. The highest BCUT2D eigenvalue weighted by Crippen LogP contribution is 2.37. The predicted molar refractivity (Wildman–Crippen MR) is 119 cm³/mol. The van der Waals surface area contributed by atoms with Crippen molar-refractivity contribution in [1.82, 2.24) is 0 Å². The molecule has 0 N–H and O–H groups in total. The number of hydrogen-bond donors (Lipinski definition) is 0. The predicted octanol–water partition coefficient (Wildman–Crippen LogP) is 8.62. The highest BCUT2D eigenvalue weighted by molar-refractivity contribution is 5.64. The molecule has 0 bridgehead atoms. The van der Waals surface area contributed by atoms with Crippen LogP contribution in [0.25, 0.3) is 11.1 Å². The van der Waals surface area contributed by atoms with Gasteiger partial charge in [-0.1, -0.05) is 80.8 Å². The van der Waals surface area contributed by atoms with Crippen molar-refractivity contribution in [3.63, 3.8) is 0 Å². The van der Waals surface area contributed by atoms with Crippen LogP contribution in [0.3, 0.4) is 0 Å². The second kappa shape index (κ2) is 11.2. The van der Waals surface area contributed by atoms with Crippen molar-refractivity contribution in [3.8, 4) is 11.1 Å². The zero-order chi connectivity index (χ0) is 19.6. The highest BCUT2D eigenvalue weighted by atomic mass is 19.1. The molecule has 0 spiro atoms. The van der Waals surface area contributed by atoms with Gasteiger partial charge in [0.2, 0.25) is 0 Å². The van der Waals surface area contributed by atoms with E-state index in [-0.39, 0.29) is 0 Å². The molecule has 0 nitrogen and oxygen atoms in total. The molecule has 0 atom stereocenters. The lowest BCUT2D eigenvalue weighted by molar-refractivity contribution is 0.327. The molecule has 1 aliphatic rings. The Balaban J connectivity index is 1.53. The summed E-state index contributed by atoms with van der Waals surface area (Å²) in [5, 5.41) is 0. The topological polar surface area (TPSA) is 0 Å². The quantitative estimate of drug-likeness (QED) is 0.383. The minimum atomic E-state index is 0.669. The third kappa shape index (κ3) is 6.06. The summed E-state index contributed by atoms with van der Waals surface area (Å²) in [6, 6.07) is 18.3. The Bertz CT molecular complexity index is 703. The van der Waals surface area contributed by atoms with Gasteiger partial charge in [-0.05, 0) is 79.0 Å². The van der Waals surface area contributed by atoms with Crippen LogP contribution in [0.5, 0.6) is 0 Å². The van der Waals surface area contributed by atoms with Crippen LogP contribution in [0.1, 0.15) is 81.8 Å². The third-order valence-electron chi connectivity index (χ3n) is 6.39. The molecule has 0 saturated heterocycles. The first-order valence-corrected chi connectivity index (χ1v) is 11.2. The van der Waals surface area contributed by atoms with E-state index in [0.717, 1.165) is 6.42 Å². The van der Waals surface area contributed by atoms with E-state index in [4.69, 9.17) is 0 Å². The second-order valence-corrected chi connectivity index (χ2v) is 8.44. The zero-order valence-electron chi connectivity index (χ0n) is 17.4. The lowest BCUT2D eigenvalue weighted by Crippen LogP contribution is -2.12. The number of allylic oxidation sites excluding steroid dienone is 1. The van der Waals surface area contributed by atoms with Crippen LogP contribution in [0, 0.1) is 5.92 Å². The lowest BCUT2D eigenvalue weighted by Gasteiger charge is -2.28. The largest absolute Gasteiger partial charge is 0.216 e. The van der Waals surface area contributed by atoms with E-state index < -0.39 is 0 Å². The van der Waals surface area contributed by atoms with Crippen LogP contribution in [-0.4, -0.2) is 0 Å².